The lowest BCUT2D eigenvalue weighted by Crippen LogP contribution is -2.21. The van der Waals surface area contributed by atoms with Crippen molar-refractivity contribution in [3.63, 3.8) is 0 Å². The molecule has 0 N–H and O–H groups in total. The van der Waals surface area contributed by atoms with E-state index in [1.165, 1.54) is 11.8 Å². The van der Waals surface area contributed by atoms with E-state index in [9.17, 15) is 4.79 Å². The van der Waals surface area contributed by atoms with Crippen molar-refractivity contribution in [1.29, 1.82) is 0 Å². The molecule has 9 nitrogen and oxygen atoms in total. The Labute approximate surface area is 203 Å². The maximum absolute atomic E-state index is 13.5. The average Bonchev–Trinajstić information content (AvgIpc) is 3.56. The topological polar surface area (TPSA) is 100 Å². The van der Waals surface area contributed by atoms with Gasteiger partial charge in [-0.05, 0) is 24.3 Å². The van der Waals surface area contributed by atoms with Gasteiger partial charge in [0.05, 0.1) is 29.5 Å². The number of thioether (sulfide) groups is 1. The largest absolute Gasteiger partial charge is 0.497 e. The number of fused-ring (bicyclic) bond motifs is 3. The minimum Gasteiger partial charge on any atom is -0.497 e. The van der Waals surface area contributed by atoms with Gasteiger partial charge in [0.1, 0.15) is 5.75 Å². The lowest BCUT2D eigenvalue weighted by molar-refractivity contribution is 0.391. The maximum Gasteiger partial charge on any atom is 0.267 e. The molecule has 172 valence electrons. The number of ether oxygens (including phenoxy) is 1. The summed E-state index contributed by atoms with van der Waals surface area (Å²) in [6.07, 6.45) is 0. The summed E-state index contributed by atoms with van der Waals surface area (Å²) in [7, 11) is 1.59. The second kappa shape index (κ2) is 8.73. The van der Waals surface area contributed by atoms with E-state index in [1.54, 1.807) is 23.8 Å². The Hall–Kier alpha value is -4.44. The zero-order valence-corrected chi connectivity index (χ0v) is 19.3. The molecule has 0 fully saturated rings. The third-order valence-corrected chi connectivity index (χ3v) is 6.44. The minimum atomic E-state index is -0.185. The molecule has 6 rings (SSSR count). The number of hydrogen-bond acceptors (Lipinski definition) is 8. The van der Waals surface area contributed by atoms with Crippen LogP contribution in [-0.4, -0.2) is 36.4 Å². The van der Waals surface area contributed by atoms with Crippen LogP contribution in [0.4, 0.5) is 0 Å². The highest BCUT2D eigenvalue weighted by molar-refractivity contribution is 7.98. The van der Waals surface area contributed by atoms with Crippen molar-refractivity contribution in [3.05, 3.63) is 95.1 Å². The fourth-order valence-corrected chi connectivity index (χ4v) is 4.68. The molecule has 0 aliphatic heterocycles. The third-order valence-electron chi connectivity index (χ3n) is 5.53. The van der Waals surface area contributed by atoms with Gasteiger partial charge in [0.15, 0.2) is 5.16 Å². The Kier molecular flexibility index (Phi) is 5.27. The number of para-hydroxylation sites is 1. The molecule has 35 heavy (non-hydrogen) atoms. The van der Waals surface area contributed by atoms with Crippen LogP contribution in [0.3, 0.4) is 0 Å². The predicted octanol–water partition coefficient (Wildman–Crippen LogP) is 4.38. The third kappa shape index (κ3) is 3.73. The zero-order chi connectivity index (χ0) is 23.8. The van der Waals surface area contributed by atoms with Crippen molar-refractivity contribution in [2.75, 3.05) is 7.11 Å². The Morgan fingerprint density at radius 3 is 2.66 bits per heavy atom. The molecule has 0 atom stereocenters. The second-order valence-electron chi connectivity index (χ2n) is 7.64. The van der Waals surface area contributed by atoms with Crippen molar-refractivity contribution in [2.45, 2.75) is 10.9 Å². The summed E-state index contributed by atoms with van der Waals surface area (Å²) in [5.41, 5.74) is 2.05. The molecular formula is C25H18N6O3S. The highest BCUT2D eigenvalue weighted by Crippen LogP contribution is 2.27. The van der Waals surface area contributed by atoms with E-state index in [1.807, 2.05) is 71.1 Å². The molecule has 0 aliphatic rings. The lowest BCUT2D eigenvalue weighted by atomic mass is 10.2. The quantitative estimate of drug-likeness (QED) is 0.322. The average molecular weight is 483 g/mol. The van der Waals surface area contributed by atoms with Crippen molar-refractivity contribution >= 4 is 28.4 Å². The van der Waals surface area contributed by atoms with Gasteiger partial charge in [-0.15, -0.1) is 10.2 Å². The van der Waals surface area contributed by atoms with Gasteiger partial charge >= 0.3 is 0 Å². The van der Waals surface area contributed by atoms with Gasteiger partial charge in [0.2, 0.25) is 17.5 Å². The number of methoxy groups -OCH3 is 1. The maximum atomic E-state index is 13.5. The van der Waals surface area contributed by atoms with Gasteiger partial charge in [0, 0.05) is 11.6 Å². The molecule has 0 aliphatic carbocycles. The summed E-state index contributed by atoms with van der Waals surface area (Å²) >= 11 is 1.40. The van der Waals surface area contributed by atoms with Crippen LogP contribution in [0.5, 0.6) is 5.75 Å². The standard InChI is InChI=1S/C25H18N6O3S/c1-33-18-11-7-10-17(14-18)30-23(32)19-12-5-6-13-20(19)31-24(30)27-28-25(31)35-15-21-26-22(29-34-21)16-8-3-2-4-9-16/h2-14H,15H2,1H3. The molecule has 0 saturated heterocycles. The van der Waals surface area contributed by atoms with Crippen molar-refractivity contribution in [3.8, 4) is 22.8 Å². The molecule has 0 unspecified atom stereocenters. The summed E-state index contributed by atoms with van der Waals surface area (Å²) < 4.78 is 14.2. The second-order valence-corrected chi connectivity index (χ2v) is 8.59. The zero-order valence-electron chi connectivity index (χ0n) is 18.5. The normalized spacial score (nSPS) is 11.3. The molecule has 0 amide bonds. The number of rotatable bonds is 6. The van der Waals surface area contributed by atoms with E-state index in [-0.39, 0.29) is 5.56 Å². The van der Waals surface area contributed by atoms with E-state index in [2.05, 4.69) is 20.3 Å². The molecule has 3 aromatic carbocycles. The van der Waals surface area contributed by atoms with Crippen LogP contribution in [0, 0.1) is 0 Å². The molecule has 10 heteroatoms. The van der Waals surface area contributed by atoms with E-state index in [4.69, 9.17) is 9.26 Å². The molecule has 6 aromatic rings. The first-order valence-corrected chi connectivity index (χ1v) is 11.8. The number of hydrogen-bond donors (Lipinski definition) is 0. The Bertz CT molecular complexity index is 1720. The lowest BCUT2D eigenvalue weighted by Gasteiger charge is -2.12. The highest BCUT2D eigenvalue weighted by atomic mass is 32.2. The van der Waals surface area contributed by atoms with E-state index in [0.717, 1.165) is 11.1 Å². The fraction of sp³-hybridized carbons (Fsp3) is 0.0800. The number of nitrogens with zero attached hydrogens (tertiary/aromatic N) is 6. The first-order valence-electron chi connectivity index (χ1n) is 10.8. The SMILES string of the molecule is COc1cccc(-n2c(=O)c3ccccc3n3c(SCc4nc(-c5ccccc5)no4)nnc23)c1. The summed E-state index contributed by atoms with van der Waals surface area (Å²) in [6, 6.07) is 24.3. The Morgan fingerprint density at radius 2 is 1.80 bits per heavy atom. The van der Waals surface area contributed by atoms with E-state index >= 15 is 0 Å². The summed E-state index contributed by atoms with van der Waals surface area (Å²) in [5, 5.41) is 14.0. The summed E-state index contributed by atoms with van der Waals surface area (Å²) in [4.78, 5) is 18.0. The highest BCUT2D eigenvalue weighted by Gasteiger charge is 2.19. The summed E-state index contributed by atoms with van der Waals surface area (Å²) in [5.74, 6) is 2.44. The van der Waals surface area contributed by atoms with Gasteiger partial charge in [0.25, 0.3) is 5.56 Å². The fourth-order valence-electron chi connectivity index (χ4n) is 3.90. The van der Waals surface area contributed by atoms with Gasteiger partial charge < -0.3 is 9.26 Å². The van der Waals surface area contributed by atoms with Crippen LogP contribution >= 0.6 is 11.8 Å². The Morgan fingerprint density at radius 1 is 0.971 bits per heavy atom. The van der Waals surface area contributed by atoms with Crippen LogP contribution < -0.4 is 10.3 Å². The summed E-state index contributed by atoms with van der Waals surface area (Å²) in [6.45, 7) is 0. The Balaban J connectivity index is 1.43. The van der Waals surface area contributed by atoms with Gasteiger partial charge in [-0.25, -0.2) is 4.57 Å². The van der Waals surface area contributed by atoms with Crippen LogP contribution in [0.1, 0.15) is 5.89 Å². The van der Waals surface area contributed by atoms with Crippen LogP contribution in [0.25, 0.3) is 33.8 Å². The van der Waals surface area contributed by atoms with Crippen LogP contribution in [-0.2, 0) is 5.75 Å². The van der Waals surface area contributed by atoms with Crippen molar-refractivity contribution in [1.82, 2.24) is 29.3 Å². The first kappa shape index (κ1) is 21.1. The predicted molar refractivity (Wildman–Crippen MR) is 132 cm³/mol. The van der Waals surface area contributed by atoms with Crippen molar-refractivity contribution in [2.24, 2.45) is 0 Å². The first-order chi connectivity index (χ1) is 17.2. The van der Waals surface area contributed by atoms with Crippen LogP contribution in [0.15, 0.2) is 93.3 Å². The van der Waals surface area contributed by atoms with E-state index < -0.39 is 0 Å². The van der Waals surface area contributed by atoms with E-state index in [0.29, 0.717) is 45.2 Å². The molecular weight excluding hydrogens is 464 g/mol. The molecule has 0 bridgehead atoms. The molecule has 3 heterocycles. The van der Waals surface area contributed by atoms with Gasteiger partial charge in [-0.2, -0.15) is 4.98 Å². The number of aromatic nitrogens is 6. The van der Waals surface area contributed by atoms with Gasteiger partial charge in [-0.1, -0.05) is 65.4 Å². The monoisotopic (exact) mass is 482 g/mol. The molecule has 0 spiro atoms. The molecule has 0 saturated carbocycles. The van der Waals surface area contributed by atoms with Crippen LogP contribution in [0.2, 0.25) is 0 Å². The smallest absolute Gasteiger partial charge is 0.267 e. The molecule has 0 radical (unpaired) electrons. The number of benzene rings is 3. The van der Waals surface area contributed by atoms with Crippen molar-refractivity contribution < 1.29 is 9.26 Å². The minimum absolute atomic E-state index is 0.185. The van der Waals surface area contributed by atoms with Gasteiger partial charge in [-0.3, -0.25) is 9.20 Å². The molecule has 3 aromatic heterocycles.